The van der Waals surface area contributed by atoms with Crippen LogP contribution in [0.15, 0.2) is 24.3 Å². The molecule has 1 heterocycles. The number of piperazine rings is 1. The van der Waals surface area contributed by atoms with Crippen molar-refractivity contribution in [3.63, 3.8) is 0 Å². The number of nitrogens with one attached hydrogen (secondary N) is 3. The Bertz CT molecular complexity index is 479. The molecule has 0 atom stereocenters. The van der Waals surface area contributed by atoms with Gasteiger partial charge in [-0.3, -0.25) is 4.79 Å². The van der Waals surface area contributed by atoms with Crippen LogP contribution in [0.2, 0.25) is 0 Å². The monoisotopic (exact) mass is 293 g/mol. The van der Waals surface area contributed by atoms with Crippen molar-refractivity contribution in [3.8, 4) is 0 Å². The number of amides is 1. The molecule has 1 amide bonds. The van der Waals surface area contributed by atoms with Gasteiger partial charge in [0.15, 0.2) is 6.54 Å². The van der Waals surface area contributed by atoms with E-state index in [4.69, 9.17) is 0 Å². The minimum atomic E-state index is -0.176. The fourth-order valence-electron chi connectivity index (χ4n) is 2.94. The van der Waals surface area contributed by atoms with Crippen molar-refractivity contribution in [2.45, 2.75) is 25.4 Å². The highest BCUT2D eigenvalue weighted by molar-refractivity contribution is 5.77. The maximum Gasteiger partial charge on any atom is 0.275 e. The summed E-state index contributed by atoms with van der Waals surface area (Å²) in [5.41, 5.74) is 1.18. The van der Waals surface area contributed by atoms with E-state index in [1.54, 1.807) is 0 Å². The van der Waals surface area contributed by atoms with Crippen molar-refractivity contribution in [2.75, 3.05) is 32.7 Å². The van der Waals surface area contributed by atoms with Gasteiger partial charge in [0.2, 0.25) is 0 Å². The Morgan fingerprint density at radius 1 is 1.10 bits per heavy atom. The molecule has 5 heteroatoms. The van der Waals surface area contributed by atoms with Crippen molar-refractivity contribution < 1.29 is 19.0 Å². The summed E-state index contributed by atoms with van der Waals surface area (Å²) in [5.74, 6) is 0.0270. The molecule has 0 radical (unpaired) electrons. The van der Waals surface area contributed by atoms with Crippen LogP contribution in [-0.2, 0) is 11.3 Å². The van der Waals surface area contributed by atoms with E-state index in [0.29, 0.717) is 12.6 Å². The number of carbonyl (C=O) groups excluding carboxylic acids is 1. The molecule has 0 spiro atoms. The summed E-state index contributed by atoms with van der Waals surface area (Å²) >= 11 is 0. The Hall–Kier alpha value is -1.46. The molecule has 1 aromatic rings. The summed E-state index contributed by atoms with van der Waals surface area (Å²) in [5, 5.41) is 3.06. The first-order valence-electron chi connectivity index (χ1n) is 7.90. The molecule has 1 aliphatic heterocycles. The maximum absolute atomic E-state index is 12.9. The smallest absolute Gasteiger partial charge is 0.275 e. The molecule has 1 saturated heterocycles. The highest BCUT2D eigenvalue weighted by Gasteiger charge is 2.28. The van der Waals surface area contributed by atoms with E-state index >= 15 is 0 Å². The summed E-state index contributed by atoms with van der Waals surface area (Å²) in [6.45, 7) is 5.78. The lowest BCUT2D eigenvalue weighted by Crippen LogP contribution is -3.28. The highest BCUT2D eigenvalue weighted by atomic mass is 19.1. The molecule has 4 nitrogen and oxygen atoms in total. The third-order valence-electron chi connectivity index (χ3n) is 4.38. The topological polar surface area (TPSA) is 38.0 Å². The lowest BCUT2D eigenvalue weighted by atomic mass is 10.2. The first kappa shape index (κ1) is 14.5. The predicted molar refractivity (Wildman–Crippen MR) is 77.5 cm³/mol. The molecule has 3 N–H and O–H groups in total. The standard InChI is InChI=1S/C16H22FN3O/c17-14-3-1-13(2-4-14)11-19-7-9-20(10-8-19)12-16(21)18-15-5-6-15/h1-4,15H,5-12H2,(H,18,21)/p+2. The molecule has 114 valence electrons. The Morgan fingerprint density at radius 2 is 1.71 bits per heavy atom. The Morgan fingerprint density at radius 3 is 2.33 bits per heavy atom. The number of quaternary nitrogens is 2. The minimum Gasteiger partial charge on any atom is -0.348 e. The van der Waals surface area contributed by atoms with Crippen molar-refractivity contribution in [1.29, 1.82) is 0 Å². The zero-order chi connectivity index (χ0) is 14.7. The quantitative estimate of drug-likeness (QED) is 0.600. The summed E-state index contributed by atoms with van der Waals surface area (Å²) in [4.78, 5) is 14.7. The van der Waals surface area contributed by atoms with E-state index in [1.165, 1.54) is 27.5 Å². The van der Waals surface area contributed by atoms with E-state index in [2.05, 4.69) is 5.32 Å². The molecule has 21 heavy (non-hydrogen) atoms. The zero-order valence-corrected chi connectivity index (χ0v) is 12.3. The highest BCUT2D eigenvalue weighted by Crippen LogP contribution is 2.17. The van der Waals surface area contributed by atoms with Gasteiger partial charge >= 0.3 is 0 Å². The molecular formula is C16H24FN3O+2. The number of carbonyl (C=O) groups is 1. The SMILES string of the molecule is O=C(C[NH+]1CC[NH+](Cc2ccc(F)cc2)CC1)NC1CC1. The van der Waals surface area contributed by atoms with Crippen LogP contribution >= 0.6 is 0 Å². The third-order valence-corrected chi connectivity index (χ3v) is 4.38. The number of hydrogen-bond acceptors (Lipinski definition) is 1. The summed E-state index contributed by atoms with van der Waals surface area (Å²) in [6.07, 6.45) is 2.30. The molecule has 1 aliphatic carbocycles. The van der Waals surface area contributed by atoms with Crippen molar-refractivity contribution in [2.24, 2.45) is 0 Å². The van der Waals surface area contributed by atoms with Crippen LogP contribution in [-0.4, -0.2) is 44.7 Å². The molecule has 1 aromatic carbocycles. The van der Waals surface area contributed by atoms with Gasteiger partial charge in [0.1, 0.15) is 38.5 Å². The molecule has 0 aromatic heterocycles. The third kappa shape index (κ3) is 4.51. The first-order valence-corrected chi connectivity index (χ1v) is 7.90. The second-order valence-corrected chi connectivity index (χ2v) is 6.32. The van der Waals surface area contributed by atoms with Crippen molar-refractivity contribution >= 4 is 5.91 Å². The fraction of sp³-hybridized carbons (Fsp3) is 0.562. The van der Waals surface area contributed by atoms with Crippen molar-refractivity contribution in [1.82, 2.24) is 5.32 Å². The van der Waals surface area contributed by atoms with Crippen LogP contribution in [0.5, 0.6) is 0 Å². The van der Waals surface area contributed by atoms with Crippen LogP contribution in [0.4, 0.5) is 4.39 Å². The van der Waals surface area contributed by atoms with Gasteiger partial charge in [-0.05, 0) is 25.0 Å². The van der Waals surface area contributed by atoms with Gasteiger partial charge in [0, 0.05) is 11.6 Å². The van der Waals surface area contributed by atoms with Gasteiger partial charge < -0.3 is 15.1 Å². The Balaban J connectivity index is 1.40. The van der Waals surface area contributed by atoms with E-state index < -0.39 is 0 Å². The maximum atomic E-state index is 12.9. The lowest BCUT2D eigenvalue weighted by Gasteiger charge is -2.29. The summed E-state index contributed by atoms with van der Waals surface area (Å²) < 4.78 is 12.9. The van der Waals surface area contributed by atoms with Gasteiger partial charge in [-0.15, -0.1) is 0 Å². The van der Waals surface area contributed by atoms with E-state index in [1.807, 2.05) is 12.1 Å². The number of rotatable bonds is 5. The largest absolute Gasteiger partial charge is 0.348 e. The van der Waals surface area contributed by atoms with Gasteiger partial charge in [0.05, 0.1) is 0 Å². The molecule has 3 rings (SSSR count). The Labute approximate surface area is 124 Å². The molecule has 0 bridgehead atoms. The normalized spacial score (nSPS) is 25.6. The van der Waals surface area contributed by atoms with Gasteiger partial charge in [0.25, 0.3) is 5.91 Å². The molecule has 1 saturated carbocycles. The van der Waals surface area contributed by atoms with Crippen LogP contribution in [0.25, 0.3) is 0 Å². The van der Waals surface area contributed by atoms with Gasteiger partial charge in [-0.2, -0.15) is 0 Å². The van der Waals surface area contributed by atoms with Gasteiger partial charge in [-0.25, -0.2) is 4.39 Å². The lowest BCUT2D eigenvalue weighted by molar-refractivity contribution is -1.02. The zero-order valence-electron chi connectivity index (χ0n) is 12.3. The second-order valence-electron chi connectivity index (χ2n) is 6.32. The minimum absolute atomic E-state index is 0.176. The fourth-order valence-corrected chi connectivity index (χ4v) is 2.94. The summed E-state index contributed by atoms with van der Waals surface area (Å²) in [6, 6.07) is 7.24. The van der Waals surface area contributed by atoms with Crippen LogP contribution in [0.1, 0.15) is 18.4 Å². The van der Waals surface area contributed by atoms with Crippen molar-refractivity contribution in [3.05, 3.63) is 35.6 Å². The van der Waals surface area contributed by atoms with E-state index in [9.17, 15) is 9.18 Å². The number of halogens is 1. The van der Waals surface area contributed by atoms with Crippen LogP contribution in [0, 0.1) is 5.82 Å². The summed E-state index contributed by atoms with van der Waals surface area (Å²) in [7, 11) is 0. The predicted octanol–water partition coefficient (Wildman–Crippen LogP) is -1.61. The average molecular weight is 293 g/mol. The van der Waals surface area contributed by atoms with E-state index in [0.717, 1.165) is 45.6 Å². The van der Waals surface area contributed by atoms with Crippen LogP contribution in [0.3, 0.4) is 0 Å². The van der Waals surface area contributed by atoms with Crippen LogP contribution < -0.4 is 15.1 Å². The molecule has 0 unspecified atom stereocenters. The molecule has 2 fully saturated rings. The first-order chi connectivity index (χ1) is 10.2. The molecular weight excluding hydrogens is 269 g/mol. The Kier molecular flexibility index (Phi) is 4.51. The van der Waals surface area contributed by atoms with E-state index in [-0.39, 0.29) is 11.7 Å². The number of hydrogen-bond donors (Lipinski definition) is 3. The molecule has 2 aliphatic rings. The second kappa shape index (κ2) is 6.54. The average Bonchev–Trinajstić information content (AvgIpc) is 3.27. The number of benzene rings is 1. The van der Waals surface area contributed by atoms with Gasteiger partial charge in [-0.1, -0.05) is 12.1 Å².